The Balaban J connectivity index is 2.11. The number of hydrogen-bond acceptors (Lipinski definition) is 4. The predicted octanol–water partition coefficient (Wildman–Crippen LogP) is 2.94. The molecule has 124 valence electrons. The number of nitrogens with zero attached hydrogens (tertiary/aromatic N) is 1. The Morgan fingerprint density at radius 3 is 2.26 bits per heavy atom. The van der Waals surface area contributed by atoms with Crippen LogP contribution in [0.15, 0.2) is 24.3 Å². The number of hydrogen-bond donors (Lipinski definition) is 1. The minimum Gasteiger partial charge on any atom is -0.450 e. The van der Waals surface area contributed by atoms with Crippen molar-refractivity contribution >= 4 is 17.9 Å². The molecule has 23 heavy (non-hydrogen) atoms. The number of benzene rings is 1. The number of rotatable bonds is 7. The fourth-order valence-electron chi connectivity index (χ4n) is 2.52. The molecule has 1 aromatic rings. The Bertz CT molecular complexity index is 565. The Kier molecular flexibility index (Phi) is 5.73. The average molecular weight is 318 g/mol. The van der Waals surface area contributed by atoms with Gasteiger partial charge in [0.05, 0.1) is 17.7 Å². The fourth-order valence-corrected chi connectivity index (χ4v) is 2.52. The zero-order valence-electron chi connectivity index (χ0n) is 13.5. The van der Waals surface area contributed by atoms with Crippen LogP contribution >= 0.6 is 0 Å². The standard InChI is InChI=1S/C17H22N2O4/c1-3-5-11-23-17(22)18-14(8-4-2)19-15(20)12-9-6-7-10-13(12)16(19)21/h6-7,9-10,14H,3-5,8,11H2,1-2H3,(H,18,22). The fraction of sp³-hybridized carbons (Fsp3) is 0.471. The summed E-state index contributed by atoms with van der Waals surface area (Å²) < 4.78 is 5.07. The first-order chi connectivity index (χ1) is 11.1. The lowest BCUT2D eigenvalue weighted by atomic mass is 10.1. The molecule has 1 N–H and O–H groups in total. The van der Waals surface area contributed by atoms with Crippen molar-refractivity contribution in [3.63, 3.8) is 0 Å². The summed E-state index contributed by atoms with van der Waals surface area (Å²) in [6.07, 6.45) is 1.60. The number of amides is 3. The van der Waals surface area contributed by atoms with Crippen molar-refractivity contribution in [3.05, 3.63) is 35.4 Å². The molecular formula is C17H22N2O4. The second-order valence-corrected chi connectivity index (χ2v) is 5.46. The number of nitrogens with one attached hydrogen (secondary N) is 1. The molecule has 1 atom stereocenters. The van der Waals surface area contributed by atoms with Crippen molar-refractivity contribution in [2.45, 2.75) is 45.7 Å². The van der Waals surface area contributed by atoms with E-state index < -0.39 is 12.3 Å². The topological polar surface area (TPSA) is 75.7 Å². The summed E-state index contributed by atoms with van der Waals surface area (Å²) in [7, 11) is 0. The minimum absolute atomic E-state index is 0.323. The Hall–Kier alpha value is -2.37. The van der Waals surface area contributed by atoms with E-state index in [2.05, 4.69) is 5.32 Å². The molecule has 0 saturated carbocycles. The molecule has 3 amide bonds. The van der Waals surface area contributed by atoms with Crippen molar-refractivity contribution < 1.29 is 19.1 Å². The predicted molar refractivity (Wildman–Crippen MR) is 85.0 cm³/mol. The van der Waals surface area contributed by atoms with Crippen LogP contribution in [-0.4, -0.2) is 35.6 Å². The van der Waals surface area contributed by atoms with Crippen molar-refractivity contribution in [2.75, 3.05) is 6.61 Å². The number of alkyl carbamates (subject to hydrolysis) is 1. The molecule has 0 bridgehead atoms. The van der Waals surface area contributed by atoms with E-state index in [1.165, 1.54) is 0 Å². The first-order valence-electron chi connectivity index (χ1n) is 8.00. The molecule has 1 unspecified atom stereocenters. The second kappa shape index (κ2) is 7.76. The first-order valence-corrected chi connectivity index (χ1v) is 8.00. The molecule has 0 aromatic heterocycles. The van der Waals surface area contributed by atoms with Crippen molar-refractivity contribution in [1.82, 2.24) is 10.2 Å². The molecule has 1 aromatic carbocycles. The maximum absolute atomic E-state index is 12.5. The number of carbonyl (C=O) groups excluding carboxylic acids is 3. The lowest BCUT2D eigenvalue weighted by molar-refractivity contribution is 0.0533. The molecule has 0 saturated heterocycles. The Morgan fingerprint density at radius 1 is 1.13 bits per heavy atom. The number of unbranched alkanes of at least 4 members (excludes halogenated alkanes) is 1. The Labute approximate surface area is 135 Å². The highest BCUT2D eigenvalue weighted by molar-refractivity contribution is 6.21. The van der Waals surface area contributed by atoms with Crippen LogP contribution in [0, 0.1) is 0 Å². The minimum atomic E-state index is -0.693. The van der Waals surface area contributed by atoms with Gasteiger partial charge in [-0.25, -0.2) is 4.79 Å². The molecule has 1 aliphatic heterocycles. The van der Waals surface area contributed by atoms with Gasteiger partial charge >= 0.3 is 6.09 Å². The first kappa shape index (κ1) is 17.0. The number of ether oxygens (including phenoxy) is 1. The SMILES string of the molecule is CCCCOC(=O)NC(CCC)N1C(=O)c2ccccc2C1=O. The maximum Gasteiger partial charge on any atom is 0.408 e. The van der Waals surface area contributed by atoms with Gasteiger partial charge in [-0.15, -0.1) is 0 Å². The molecule has 0 radical (unpaired) electrons. The van der Waals surface area contributed by atoms with Gasteiger partial charge in [0, 0.05) is 0 Å². The molecule has 2 rings (SSSR count). The summed E-state index contributed by atoms with van der Waals surface area (Å²) in [5.41, 5.74) is 0.750. The molecular weight excluding hydrogens is 296 g/mol. The lowest BCUT2D eigenvalue weighted by Crippen LogP contribution is -2.50. The van der Waals surface area contributed by atoms with Gasteiger partial charge in [0.25, 0.3) is 11.8 Å². The van der Waals surface area contributed by atoms with E-state index in [-0.39, 0.29) is 11.8 Å². The second-order valence-electron chi connectivity index (χ2n) is 5.46. The maximum atomic E-state index is 12.5. The third-order valence-electron chi connectivity index (χ3n) is 3.71. The van der Waals surface area contributed by atoms with E-state index in [4.69, 9.17) is 4.74 Å². The highest BCUT2D eigenvalue weighted by atomic mass is 16.5. The van der Waals surface area contributed by atoms with Crippen LogP contribution in [0.4, 0.5) is 4.79 Å². The average Bonchev–Trinajstić information content (AvgIpc) is 2.79. The molecule has 0 spiro atoms. The van der Waals surface area contributed by atoms with E-state index >= 15 is 0 Å². The van der Waals surface area contributed by atoms with Crippen LogP contribution in [0.3, 0.4) is 0 Å². The van der Waals surface area contributed by atoms with E-state index in [0.29, 0.717) is 30.6 Å². The number of fused-ring (bicyclic) bond motifs is 1. The van der Waals surface area contributed by atoms with Gasteiger partial charge in [-0.3, -0.25) is 14.5 Å². The van der Waals surface area contributed by atoms with E-state index in [9.17, 15) is 14.4 Å². The van der Waals surface area contributed by atoms with Gasteiger partial charge in [0.1, 0.15) is 6.17 Å². The van der Waals surface area contributed by atoms with Crippen LogP contribution in [0.25, 0.3) is 0 Å². The summed E-state index contributed by atoms with van der Waals surface area (Å²) in [4.78, 5) is 37.9. The highest BCUT2D eigenvalue weighted by Crippen LogP contribution is 2.25. The van der Waals surface area contributed by atoms with Crippen molar-refractivity contribution in [1.29, 1.82) is 0 Å². The van der Waals surface area contributed by atoms with E-state index in [1.807, 2.05) is 13.8 Å². The lowest BCUT2D eigenvalue weighted by Gasteiger charge is -2.26. The van der Waals surface area contributed by atoms with E-state index in [1.54, 1.807) is 24.3 Å². The highest BCUT2D eigenvalue weighted by Gasteiger charge is 2.40. The van der Waals surface area contributed by atoms with Crippen molar-refractivity contribution in [3.8, 4) is 0 Å². The normalized spacial score (nSPS) is 14.6. The zero-order valence-corrected chi connectivity index (χ0v) is 13.5. The van der Waals surface area contributed by atoms with Crippen LogP contribution in [0.2, 0.25) is 0 Å². The van der Waals surface area contributed by atoms with Crippen molar-refractivity contribution in [2.24, 2.45) is 0 Å². The van der Waals surface area contributed by atoms with E-state index in [0.717, 1.165) is 17.7 Å². The summed E-state index contributed by atoms with van der Waals surface area (Å²) in [6.45, 7) is 4.25. The van der Waals surface area contributed by atoms with Crippen LogP contribution in [0.5, 0.6) is 0 Å². The molecule has 6 heteroatoms. The summed E-state index contributed by atoms with van der Waals surface area (Å²) in [5, 5.41) is 2.64. The van der Waals surface area contributed by atoms with Crippen LogP contribution in [0.1, 0.15) is 60.2 Å². The van der Waals surface area contributed by atoms with Gasteiger partial charge < -0.3 is 10.1 Å². The third-order valence-corrected chi connectivity index (χ3v) is 3.71. The quantitative estimate of drug-likeness (QED) is 0.619. The van der Waals surface area contributed by atoms with Gasteiger partial charge in [-0.05, 0) is 25.0 Å². The van der Waals surface area contributed by atoms with Gasteiger partial charge in [-0.2, -0.15) is 0 Å². The third kappa shape index (κ3) is 3.70. The van der Waals surface area contributed by atoms with Crippen LogP contribution < -0.4 is 5.32 Å². The van der Waals surface area contributed by atoms with Gasteiger partial charge in [0.2, 0.25) is 0 Å². The number of carbonyl (C=O) groups is 3. The largest absolute Gasteiger partial charge is 0.450 e. The molecule has 1 heterocycles. The molecule has 0 aliphatic carbocycles. The molecule has 0 fully saturated rings. The molecule has 1 aliphatic rings. The Morgan fingerprint density at radius 2 is 1.74 bits per heavy atom. The summed E-state index contributed by atoms with van der Waals surface area (Å²) >= 11 is 0. The van der Waals surface area contributed by atoms with Gasteiger partial charge in [0.15, 0.2) is 0 Å². The van der Waals surface area contributed by atoms with Crippen LogP contribution in [-0.2, 0) is 4.74 Å². The van der Waals surface area contributed by atoms with Gasteiger partial charge in [-0.1, -0.05) is 38.8 Å². The summed E-state index contributed by atoms with van der Waals surface area (Å²) in [5.74, 6) is -0.754. The summed E-state index contributed by atoms with van der Waals surface area (Å²) in [6, 6.07) is 6.68. The zero-order chi connectivity index (χ0) is 16.8. The number of imide groups is 1. The monoisotopic (exact) mass is 318 g/mol. The molecule has 6 nitrogen and oxygen atoms in total. The smallest absolute Gasteiger partial charge is 0.408 e.